The molecule has 1 aliphatic rings. The molecule has 0 aliphatic carbocycles. The number of hydrogen-bond donors (Lipinski definition) is 2. The van der Waals surface area contributed by atoms with Crippen molar-refractivity contribution in [2.75, 3.05) is 11.9 Å². The average Bonchev–Trinajstić information content (AvgIpc) is 3.14. The molecule has 0 saturated heterocycles. The van der Waals surface area contributed by atoms with Gasteiger partial charge >= 0.3 is 6.03 Å². The minimum Gasteiger partial charge on any atom is -0.337 e. The van der Waals surface area contributed by atoms with Crippen LogP contribution < -0.4 is 10.6 Å². The number of fused-ring (bicyclic) bond motifs is 1. The normalized spacial score (nSPS) is 15.3. The van der Waals surface area contributed by atoms with Gasteiger partial charge in [0.15, 0.2) is 0 Å². The van der Waals surface area contributed by atoms with Crippen LogP contribution >= 0.6 is 0 Å². The van der Waals surface area contributed by atoms with Gasteiger partial charge in [-0.1, -0.05) is 13.3 Å². The van der Waals surface area contributed by atoms with Crippen LogP contribution in [-0.2, 0) is 19.4 Å². The fraction of sp³-hybridized carbons (Fsp3) is 0.647. The molecule has 136 valence electrons. The lowest BCUT2D eigenvalue weighted by Gasteiger charge is -2.14. The highest BCUT2D eigenvalue weighted by atomic mass is 16.2. The molecule has 25 heavy (non-hydrogen) atoms. The fourth-order valence-electron chi connectivity index (χ4n) is 3.12. The van der Waals surface area contributed by atoms with Crippen LogP contribution in [0.3, 0.4) is 0 Å². The highest BCUT2D eigenvalue weighted by Crippen LogP contribution is 2.16. The van der Waals surface area contributed by atoms with Gasteiger partial charge < -0.3 is 9.88 Å². The Labute approximate surface area is 148 Å². The van der Waals surface area contributed by atoms with E-state index in [1.807, 2.05) is 10.7 Å². The second-order valence-electron chi connectivity index (χ2n) is 6.54. The van der Waals surface area contributed by atoms with Crippen LogP contribution in [0.15, 0.2) is 12.3 Å². The Balaban J connectivity index is 1.50. The van der Waals surface area contributed by atoms with Crippen LogP contribution in [-0.4, -0.2) is 37.1 Å². The van der Waals surface area contributed by atoms with Crippen molar-refractivity contribution < 1.29 is 4.79 Å². The van der Waals surface area contributed by atoms with Crippen LogP contribution in [0, 0.1) is 0 Å². The number of hydrogen-bond acceptors (Lipinski definition) is 4. The summed E-state index contributed by atoms with van der Waals surface area (Å²) >= 11 is 0. The molecule has 3 rings (SSSR count). The summed E-state index contributed by atoms with van der Waals surface area (Å²) in [6, 6.07) is 1.84. The van der Waals surface area contributed by atoms with E-state index in [1.54, 1.807) is 6.20 Å². The molecule has 2 N–H and O–H groups in total. The Morgan fingerprint density at radius 3 is 3.04 bits per heavy atom. The average molecular weight is 345 g/mol. The molecule has 1 aliphatic heterocycles. The zero-order valence-electron chi connectivity index (χ0n) is 15.0. The third kappa shape index (κ3) is 4.18. The number of anilines is 1. The van der Waals surface area contributed by atoms with Crippen LogP contribution in [0.2, 0.25) is 0 Å². The van der Waals surface area contributed by atoms with Gasteiger partial charge in [0.25, 0.3) is 0 Å². The number of nitrogens with one attached hydrogen (secondary N) is 2. The first-order chi connectivity index (χ1) is 12.2. The Bertz CT molecular complexity index is 706. The minimum absolute atomic E-state index is 0.222. The summed E-state index contributed by atoms with van der Waals surface area (Å²) in [5.74, 6) is 2.75. The molecule has 2 aromatic heterocycles. The zero-order chi connectivity index (χ0) is 17.6. The summed E-state index contributed by atoms with van der Waals surface area (Å²) in [6.07, 6.45) is 7.94. The quantitative estimate of drug-likeness (QED) is 0.842. The van der Waals surface area contributed by atoms with Gasteiger partial charge in [-0.05, 0) is 26.2 Å². The Kier molecular flexibility index (Phi) is 5.67. The van der Waals surface area contributed by atoms with E-state index < -0.39 is 0 Å². The molecule has 0 radical (unpaired) electrons. The van der Waals surface area contributed by atoms with Crippen molar-refractivity contribution in [3.05, 3.63) is 23.9 Å². The molecule has 8 nitrogen and oxygen atoms in total. The maximum Gasteiger partial charge on any atom is 0.320 e. The molecule has 0 fully saturated rings. The molecule has 3 heterocycles. The van der Waals surface area contributed by atoms with Crippen molar-refractivity contribution in [2.45, 2.75) is 65.0 Å². The van der Waals surface area contributed by atoms with Crippen molar-refractivity contribution in [3.8, 4) is 0 Å². The van der Waals surface area contributed by atoms with E-state index in [-0.39, 0.29) is 12.1 Å². The van der Waals surface area contributed by atoms with E-state index >= 15 is 0 Å². The maximum atomic E-state index is 12.1. The maximum absolute atomic E-state index is 12.1. The molecule has 1 atom stereocenters. The zero-order valence-corrected chi connectivity index (χ0v) is 15.0. The summed E-state index contributed by atoms with van der Waals surface area (Å²) in [5, 5.41) is 18.6. The molecular formula is C17H27N7O. The standard InChI is InChI=1S/C17H27N7O/c1-3-13(2)24-14(9-11-19-24)20-17(25)18-10-8-16-22-21-15-7-5-4-6-12-23(15)16/h9,11,13H,3-8,10,12H2,1-2H3,(H2,18,20,25). The molecule has 8 heteroatoms. The van der Waals surface area contributed by atoms with Gasteiger partial charge in [0.2, 0.25) is 0 Å². The number of carbonyl (C=O) groups is 1. The van der Waals surface area contributed by atoms with Crippen molar-refractivity contribution >= 4 is 11.8 Å². The fourth-order valence-corrected chi connectivity index (χ4v) is 3.12. The summed E-state index contributed by atoms with van der Waals surface area (Å²) in [6.45, 7) is 5.68. The van der Waals surface area contributed by atoms with Gasteiger partial charge in [-0.2, -0.15) is 5.10 Å². The Morgan fingerprint density at radius 2 is 2.20 bits per heavy atom. The van der Waals surface area contributed by atoms with Crippen molar-refractivity contribution in [3.63, 3.8) is 0 Å². The topological polar surface area (TPSA) is 89.7 Å². The molecular weight excluding hydrogens is 318 g/mol. The predicted molar refractivity (Wildman–Crippen MR) is 95.5 cm³/mol. The molecule has 0 spiro atoms. The van der Waals surface area contributed by atoms with E-state index in [2.05, 4.69) is 44.3 Å². The summed E-state index contributed by atoms with van der Waals surface area (Å²) in [7, 11) is 0. The summed E-state index contributed by atoms with van der Waals surface area (Å²) in [4.78, 5) is 12.1. The highest BCUT2D eigenvalue weighted by molar-refractivity contribution is 5.88. The lowest BCUT2D eigenvalue weighted by molar-refractivity contribution is 0.252. The molecule has 2 aromatic rings. The van der Waals surface area contributed by atoms with Gasteiger partial charge in [-0.15, -0.1) is 10.2 Å². The first-order valence-corrected chi connectivity index (χ1v) is 9.18. The van der Waals surface area contributed by atoms with Crippen LogP contribution in [0.5, 0.6) is 0 Å². The van der Waals surface area contributed by atoms with Gasteiger partial charge in [0.1, 0.15) is 17.5 Å². The number of urea groups is 1. The molecule has 0 saturated carbocycles. The number of nitrogens with zero attached hydrogens (tertiary/aromatic N) is 5. The van der Waals surface area contributed by atoms with E-state index in [0.29, 0.717) is 18.8 Å². The van der Waals surface area contributed by atoms with Crippen LogP contribution in [0.1, 0.15) is 57.2 Å². The summed E-state index contributed by atoms with van der Waals surface area (Å²) < 4.78 is 4.04. The van der Waals surface area contributed by atoms with Gasteiger partial charge in [0.05, 0.1) is 12.2 Å². The van der Waals surface area contributed by atoms with E-state index in [0.717, 1.165) is 31.0 Å². The second-order valence-corrected chi connectivity index (χ2v) is 6.54. The third-order valence-electron chi connectivity index (χ3n) is 4.74. The van der Waals surface area contributed by atoms with Crippen molar-refractivity contribution in [1.29, 1.82) is 0 Å². The summed E-state index contributed by atoms with van der Waals surface area (Å²) in [5.41, 5.74) is 0. The number of amides is 2. The number of aromatic nitrogens is 5. The molecule has 2 amide bonds. The number of rotatable bonds is 6. The lowest BCUT2D eigenvalue weighted by atomic mass is 10.2. The minimum atomic E-state index is -0.222. The smallest absolute Gasteiger partial charge is 0.320 e. The highest BCUT2D eigenvalue weighted by Gasteiger charge is 2.15. The first kappa shape index (κ1) is 17.4. The SMILES string of the molecule is CCC(C)n1nccc1NC(=O)NCCc1nnc2n1CCCCC2. The number of aryl methyl sites for hydroxylation is 1. The molecule has 0 aromatic carbocycles. The van der Waals surface area contributed by atoms with Crippen molar-refractivity contribution in [2.24, 2.45) is 0 Å². The monoisotopic (exact) mass is 345 g/mol. The third-order valence-corrected chi connectivity index (χ3v) is 4.74. The Hall–Kier alpha value is -2.38. The lowest BCUT2D eigenvalue weighted by Crippen LogP contribution is -2.32. The van der Waals surface area contributed by atoms with Crippen molar-refractivity contribution in [1.82, 2.24) is 29.9 Å². The van der Waals surface area contributed by atoms with E-state index in [4.69, 9.17) is 0 Å². The largest absolute Gasteiger partial charge is 0.337 e. The first-order valence-electron chi connectivity index (χ1n) is 9.18. The van der Waals surface area contributed by atoms with Gasteiger partial charge in [-0.25, -0.2) is 9.48 Å². The van der Waals surface area contributed by atoms with Gasteiger partial charge in [-0.3, -0.25) is 5.32 Å². The van der Waals surface area contributed by atoms with Crippen LogP contribution in [0.25, 0.3) is 0 Å². The number of carbonyl (C=O) groups excluding carboxylic acids is 1. The van der Waals surface area contributed by atoms with E-state index in [1.165, 1.54) is 19.3 Å². The predicted octanol–water partition coefficient (Wildman–Crippen LogP) is 2.54. The molecule has 0 bridgehead atoms. The van der Waals surface area contributed by atoms with Crippen LogP contribution in [0.4, 0.5) is 10.6 Å². The second kappa shape index (κ2) is 8.13. The Morgan fingerprint density at radius 1 is 1.32 bits per heavy atom. The van der Waals surface area contributed by atoms with E-state index in [9.17, 15) is 4.79 Å². The molecule has 1 unspecified atom stereocenters. The van der Waals surface area contributed by atoms with Gasteiger partial charge in [0, 0.05) is 32.0 Å².